The predicted octanol–water partition coefficient (Wildman–Crippen LogP) is 5.99. The molecular formula is C26H30O4. The van der Waals surface area contributed by atoms with Gasteiger partial charge in [-0.05, 0) is 46.9 Å². The van der Waals surface area contributed by atoms with Crippen molar-refractivity contribution in [2.45, 2.75) is 20.5 Å². The van der Waals surface area contributed by atoms with Gasteiger partial charge in [0.1, 0.15) is 19.0 Å². The highest BCUT2D eigenvalue weighted by molar-refractivity contribution is 5.67. The summed E-state index contributed by atoms with van der Waals surface area (Å²) >= 11 is 0. The highest BCUT2D eigenvalue weighted by Gasteiger charge is 2.08. The molecule has 0 bridgehead atoms. The Kier molecular flexibility index (Phi) is 8.16. The fraction of sp³-hybridized carbons (Fsp3) is 0.308. The largest absolute Gasteiger partial charge is 0.493 e. The maximum Gasteiger partial charge on any atom is 0.161 e. The third-order valence-electron chi connectivity index (χ3n) is 4.54. The van der Waals surface area contributed by atoms with E-state index in [2.05, 4.69) is 38.1 Å². The predicted molar refractivity (Wildman–Crippen MR) is 120 cm³/mol. The molecule has 0 aliphatic heterocycles. The lowest BCUT2D eigenvalue weighted by molar-refractivity contribution is 0.0811. The minimum atomic E-state index is 0.496. The quantitative estimate of drug-likeness (QED) is 0.366. The van der Waals surface area contributed by atoms with E-state index in [1.807, 2.05) is 48.5 Å². The molecule has 0 saturated heterocycles. The monoisotopic (exact) mass is 406 g/mol. The Morgan fingerprint density at radius 2 is 1.47 bits per heavy atom. The van der Waals surface area contributed by atoms with Gasteiger partial charge in [-0.2, -0.15) is 0 Å². The molecule has 3 rings (SSSR count). The molecule has 0 aliphatic rings. The number of benzene rings is 3. The van der Waals surface area contributed by atoms with Crippen LogP contribution >= 0.6 is 0 Å². The number of ether oxygens (including phenoxy) is 4. The summed E-state index contributed by atoms with van der Waals surface area (Å²) in [5.74, 6) is 2.79. The van der Waals surface area contributed by atoms with Gasteiger partial charge in [0.05, 0.1) is 13.7 Å². The number of rotatable bonds is 11. The molecule has 3 aromatic rings. The van der Waals surface area contributed by atoms with Crippen LogP contribution in [0.2, 0.25) is 0 Å². The summed E-state index contributed by atoms with van der Waals surface area (Å²) in [5.41, 5.74) is 3.30. The lowest BCUT2D eigenvalue weighted by Crippen LogP contribution is -2.10. The van der Waals surface area contributed by atoms with Gasteiger partial charge in [-0.3, -0.25) is 0 Å². The average molecular weight is 407 g/mol. The zero-order valence-electron chi connectivity index (χ0n) is 18.0. The van der Waals surface area contributed by atoms with E-state index < -0.39 is 0 Å². The second kappa shape index (κ2) is 11.3. The van der Waals surface area contributed by atoms with Crippen LogP contribution in [0.1, 0.15) is 19.4 Å². The molecule has 30 heavy (non-hydrogen) atoms. The summed E-state index contributed by atoms with van der Waals surface area (Å²) < 4.78 is 22.8. The van der Waals surface area contributed by atoms with E-state index in [4.69, 9.17) is 18.9 Å². The summed E-state index contributed by atoms with van der Waals surface area (Å²) in [7, 11) is 1.65. The minimum Gasteiger partial charge on any atom is -0.493 e. The minimum absolute atomic E-state index is 0.496. The standard InChI is InChI=1S/C26H30O4/c1-20(2)18-28-15-16-29-25-14-11-23(17-26(25)27-3)22-9-12-24(13-10-22)30-19-21-7-5-4-6-8-21/h4-14,17,20H,15-16,18-19H2,1-3H3. The van der Waals surface area contributed by atoms with Crippen molar-refractivity contribution in [3.05, 3.63) is 78.4 Å². The SMILES string of the molecule is COc1cc(-c2ccc(OCc3ccccc3)cc2)ccc1OCCOCC(C)C. The van der Waals surface area contributed by atoms with E-state index in [1.165, 1.54) is 0 Å². The van der Waals surface area contributed by atoms with Gasteiger partial charge in [-0.25, -0.2) is 0 Å². The van der Waals surface area contributed by atoms with Crippen LogP contribution < -0.4 is 14.2 Å². The number of hydrogen-bond donors (Lipinski definition) is 0. The molecule has 4 heteroatoms. The Balaban J connectivity index is 1.58. The van der Waals surface area contributed by atoms with Gasteiger partial charge in [0.15, 0.2) is 11.5 Å². The zero-order valence-corrected chi connectivity index (χ0v) is 18.0. The maximum absolute atomic E-state index is 5.87. The normalized spacial score (nSPS) is 10.8. The molecule has 0 atom stereocenters. The van der Waals surface area contributed by atoms with Crippen molar-refractivity contribution in [2.24, 2.45) is 5.92 Å². The van der Waals surface area contributed by atoms with Gasteiger partial charge in [-0.1, -0.05) is 62.4 Å². The lowest BCUT2D eigenvalue weighted by Gasteiger charge is -2.13. The Morgan fingerprint density at radius 3 is 2.17 bits per heavy atom. The highest BCUT2D eigenvalue weighted by atomic mass is 16.5. The molecule has 158 valence electrons. The van der Waals surface area contributed by atoms with Crippen LogP contribution in [-0.4, -0.2) is 26.9 Å². The van der Waals surface area contributed by atoms with Crippen LogP contribution in [0.15, 0.2) is 72.8 Å². The van der Waals surface area contributed by atoms with E-state index in [0.717, 1.165) is 34.8 Å². The topological polar surface area (TPSA) is 36.9 Å². The molecule has 0 heterocycles. The first-order valence-electron chi connectivity index (χ1n) is 10.3. The van der Waals surface area contributed by atoms with Gasteiger partial charge in [0, 0.05) is 6.61 Å². The first-order chi connectivity index (χ1) is 14.7. The third kappa shape index (κ3) is 6.53. The summed E-state index contributed by atoms with van der Waals surface area (Å²) in [6, 6.07) is 24.2. The van der Waals surface area contributed by atoms with Crippen molar-refractivity contribution >= 4 is 0 Å². The zero-order chi connectivity index (χ0) is 21.2. The molecular weight excluding hydrogens is 376 g/mol. The number of hydrogen-bond acceptors (Lipinski definition) is 4. The second-order valence-corrected chi connectivity index (χ2v) is 7.48. The molecule has 3 aromatic carbocycles. The molecule has 0 spiro atoms. The molecule has 0 aliphatic carbocycles. The fourth-order valence-electron chi connectivity index (χ4n) is 2.98. The Morgan fingerprint density at radius 1 is 0.733 bits per heavy atom. The van der Waals surface area contributed by atoms with Crippen LogP contribution in [0, 0.1) is 5.92 Å². The van der Waals surface area contributed by atoms with Crippen molar-refractivity contribution in [3.63, 3.8) is 0 Å². The fourth-order valence-corrected chi connectivity index (χ4v) is 2.98. The Hall–Kier alpha value is -2.98. The Labute approximate surface area is 179 Å². The summed E-state index contributed by atoms with van der Waals surface area (Å²) in [5, 5.41) is 0. The molecule has 0 amide bonds. The van der Waals surface area contributed by atoms with Gasteiger partial charge in [0.25, 0.3) is 0 Å². The van der Waals surface area contributed by atoms with Crippen molar-refractivity contribution in [3.8, 4) is 28.4 Å². The van der Waals surface area contributed by atoms with Gasteiger partial charge < -0.3 is 18.9 Å². The smallest absolute Gasteiger partial charge is 0.161 e. The molecule has 4 nitrogen and oxygen atoms in total. The first kappa shape index (κ1) is 21.7. The first-order valence-corrected chi connectivity index (χ1v) is 10.3. The molecule has 0 aromatic heterocycles. The van der Waals surface area contributed by atoms with Crippen LogP contribution in [0.4, 0.5) is 0 Å². The molecule has 0 saturated carbocycles. The number of methoxy groups -OCH3 is 1. The van der Waals surface area contributed by atoms with Gasteiger partial charge >= 0.3 is 0 Å². The average Bonchev–Trinajstić information content (AvgIpc) is 2.78. The maximum atomic E-state index is 5.87. The van der Waals surface area contributed by atoms with Crippen LogP contribution in [0.3, 0.4) is 0 Å². The van der Waals surface area contributed by atoms with Gasteiger partial charge in [0.2, 0.25) is 0 Å². The summed E-state index contributed by atoms with van der Waals surface area (Å²) in [6.45, 7) is 6.62. The van der Waals surface area contributed by atoms with E-state index >= 15 is 0 Å². The van der Waals surface area contributed by atoms with Crippen LogP contribution in [0.5, 0.6) is 17.2 Å². The van der Waals surface area contributed by atoms with Gasteiger partial charge in [-0.15, -0.1) is 0 Å². The van der Waals surface area contributed by atoms with E-state index in [9.17, 15) is 0 Å². The van der Waals surface area contributed by atoms with E-state index in [0.29, 0.717) is 31.5 Å². The van der Waals surface area contributed by atoms with Crippen LogP contribution in [0.25, 0.3) is 11.1 Å². The van der Waals surface area contributed by atoms with Crippen molar-refractivity contribution in [1.29, 1.82) is 0 Å². The van der Waals surface area contributed by atoms with Crippen molar-refractivity contribution < 1.29 is 18.9 Å². The molecule has 0 unspecified atom stereocenters. The Bertz CT molecular complexity index is 889. The van der Waals surface area contributed by atoms with E-state index in [-0.39, 0.29) is 0 Å². The highest BCUT2D eigenvalue weighted by Crippen LogP contribution is 2.33. The second-order valence-electron chi connectivity index (χ2n) is 7.48. The molecule has 0 radical (unpaired) electrons. The summed E-state index contributed by atoms with van der Waals surface area (Å²) in [6.07, 6.45) is 0. The lowest BCUT2D eigenvalue weighted by atomic mass is 10.0. The molecule has 0 N–H and O–H groups in total. The van der Waals surface area contributed by atoms with Crippen molar-refractivity contribution in [1.82, 2.24) is 0 Å². The van der Waals surface area contributed by atoms with E-state index in [1.54, 1.807) is 7.11 Å². The van der Waals surface area contributed by atoms with Crippen LogP contribution in [-0.2, 0) is 11.3 Å². The third-order valence-corrected chi connectivity index (χ3v) is 4.54. The van der Waals surface area contributed by atoms with Crippen molar-refractivity contribution in [2.75, 3.05) is 26.9 Å². The molecule has 0 fully saturated rings. The summed E-state index contributed by atoms with van der Waals surface area (Å²) in [4.78, 5) is 0.